The predicted molar refractivity (Wildman–Crippen MR) is 110 cm³/mol. The van der Waals surface area contributed by atoms with E-state index < -0.39 is 11.8 Å². The molecule has 1 atom stereocenters. The normalized spacial score (nSPS) is 11.8. The molecule has 0 fully saturated rings. The highest BCUT2D eigenvalue weighted by molar-refractivity contribution is 7.10. The number of thiophene rings is 1. The van der Waals surface area contributed by atoms with E-state index in [-0.39, 0.29) is 6.04 Å². The van der Waals surface area contributed by atoms with Crippen molar-refractivity contribution in [3.05, 3.63) is 75.2 Å². The first kappa shape index (κ1) is 19.8. The highest BCUT2D eigenvalue weighted by Crippen LogP contribution is 2.24. The van der Waals surface area contributed by atoms with Crippen molar-refractivity contribution >= 4 is 23.2 Å². The van der Waals surface area contributed by atoms with E-state index in [4.69, 9.17) is 0 Å². The van der Waals surface area contributed by atoms with E-state index in [1.165, 1.54) is 0 Å². The second-order valence-electron chi connectivity index (χ2n) is 6.78. The summed E-state index contributed by atoms with van der Waals surface area (Å²) in [4.78, 5) is 25.5. The fourth-order valence-electron chi connectivity index (χ4n) is 2.99. The number of carbonyl (C=O) groups is 2. The lowest BCUT2D eigenvalue weighted by molar-refractivity contribution is -0.139. The standard InChI is InChI=1S/C21H24N4O2S/c1-14-6-8-17(9-7-14)12-22-20(26)21(27)23-13-18(19-5-4-10-28-19)25-16(3)11-15(2)24-25/h4-11,18H,12-13H2,1-3H3,(H,22,26)(H,23,27). The summed E-state index contributed by atoms with van der Waals surface area (Å²) in [5.41, 5.74) is 4.03. The number of nitrogens with zero attached hydrogens (tertiary/aromatic N) is 2. The Kier molecular flexibility index (Phi) is 6.26. The Morgan fingerprint density at radius 3 is 2.39 bits per heavy atom. The van der Waals surface area contributed by atoms with E-state index in [1.54, 1.807) is 11.3 Å². The summed E-state index contributed by atoms with van der Waals surface area (Å²) >= 11 is 1.60. The molecule has 0 aliphatic heterocycles. The first-order valence-corrected chi connectivity index (χ1v) is 9.99. The Labute approximate surface area is 168 Å². The van der Waals surface area contributed by atoms with Gasteiger partial charge in [0.05, 0.1) is 5.69 Å². The summed E-state index contributed by atoms with van der Waals surface area (Å²) in [5.74, 6) is -1.28. The molecule has 0 spiro atoms. The fraction of sp³-hybridized carbons (Fsp3) is 0.286. The highest BCUT2D eigenvalue weighted by atomic mass is 32.1. The number of benzene rings is 1. The lowest BCUT2D eigenvalue weighted by atomic mass is 10.1. The van der Waals surface area contributed by atoms with Gasteiger partial charge < -0.3 is 10.6 Å². The van der Waals surface area contributed by atoms with Crippen molar-refractivity contribution in [2.24, 2.45) is 0 Å². The summed E-state index contributed by atoms with van der Waals surface area (Å²) in [5, 5.41) is 11.9. The van der Waals surface area contributed by atoms with Gasteiger partial charge in [0.2, 0.25) is 0 Å². The number of carbonyl (C=O) groups excluding carboxylic acids is 2. The summed E-state index contributed by atoms with van der Waals surface area (Å²) in [6.07, 6.45) is 0. The average molecular weight is 397 g/mol. The second kappa shape index (κ2) is 8.84. The number of hydrogen-bond donors (Lipinski definition) is 2. The Bertz CT molecular complexity index is 945. The van der Waals surface area contributed by atoms with Crippen LogP contribution in [0, 0.1) is 20.8 Å². The second-order valence-corrected chi connectivity index (χ2v) is 7.76. The Morgan fingerprint density at radius 2 is 1.79 bits per heavy atom. The summed E-state index contributed by atoms with van der Waals surface area (Å²) in [6.45, 7) is 6.53. The van der Waals surface area contributed by atoms with E-state index in [1.807, 2.05) is 73.3 Å². The predicted octanol–water partition coefficient (Wildman–Crippen LogP) is 2.89. The number of hydrogen-bond acceptors (Lipinski definition) is 4. The van der Waals surface area contributed by atoms with Gasteiger partial charge in [-0.2, -0.15) is 5.10 Å². The molecule has 0 radical (unpaired) electrons. The zero-order chi connectivity index (χ0) is 20.1. The van der Waals surface area contributed by atoms with Crippen LogP contribution in [0.3, 0.4) is 0 Å². The van der Waals surface area contributed by atoms with Gasteiger partial charge in [-0.05, 0) is 43.8 Å². The molecule has 2 amide bonds. The maximum Gasteiger partial charge on any atom is 0.309 e. The van der Waals surface area contributed by atoms with Crippen LogP contribution in [-0.4, -0.2) is 28.1 Å². The van der Waals surface area contributed by atoms with Gasteiger partial charge in [-0.15, -0.1) is 11.3 Å². The number of nitrogens with one attached hydrogen (secondary N) is 2. The number of rotatable bonds is 6. The number of aryl methyl sites for hydroxylation is 3. The Hall–Kier alpha value is -2.93. The molecule has 2 N–H and O–H groups in total. The zero-order valence-electron chi connectivity index (χ0n) is 16.2. The number of amides is 2. The van der Waals surface area contributed by atoms with Crippen molar-refractivity contribution < 1.29 is 9.59 Å². The molecule has 1 aromatic carbocycles. The molecule has 2 heterocycles. The van der Waals surface area contributed by atoms with Gasteiger partial charge in [0, 0.05) is 23.7 Å². The van der Waals surface area contributed by atoms with Crippen LogP contribution >= 0.6 is 11.3 Å². The highest BCUT2D eigenvalue weighted by Gasteiger charge is 2.21. The largest absolute Gasteiger partial charge is 0.345 e. The van der Waals surface area contributed by atoms with Crippen LogP contribution in [0.2, 0.25) is 0 Å². The van der Waals surface area contributed by atoms with Crippen LogP contribution < -0.4 is 10.6 Å². The van der Waals surface area contributed by atoms with Crippen LogP contribution in [0.1, 0.15) is 33.4 Å². The number of aromatic nitrogens is 2. The first-order chi connectivity index (χ1) is 13.4. The lowest BCUT2D eigenvalue weighted by Crippen LogP contribution is -2.42. The molecule has 0 saturated heterocycles. The SMILES string of the molecule is Cc1ccc(CNC(=O)C(=O)NCC(c2cccs2)n2nc(C)cc2C)cc1. The Balaban J connectivity index is 1.61. The molecule has 3 rings (SSSR count). The van der Waals surface area contributed by atoms with E-state index in [2.05, 4.69) is 15.7 Å². The smallest absolute Gasteiger partial charge is 0.309 e. The topological polar surface area (TPSA) is 76.0 Å². The van der Waals surface area contributed by atoms with Crippen molar-refractivity contribution in [1.29, 1.82) is 0 Å². The minimum absolute atomic E-state index is 0.150. The van der Waals surface area contributed by atoms with Gasteiger partial charge in [0.1, 0.15) is 6.04 Å². The average Bonchev–Trinajstić information content (AvgIpc) is 3.31. The molecule has 7 heteroatoms. The maximum absolute atomic E-state index is 12.3. The molecule has 6 nitrogen and oxygen atoms in total. The summed E-state index contributed by atoms with van der Waals surface area (Å²) in [7, 11) is 0. The molecule has 0 aliphatic carbocycles. The fourth-order valence-corrected chi connectivity index (χ4v) is 3.80. The minimum atomic E-state index is -0.643. The van der Waals surface area contributed by atoms with Crippen LogP contribution in [0.4, 0.5) is 0 Å². The summed E-state index contributed by atoms with van der Waals surface area (Å²) in [6, 6.07) is 13.6. The van der Waals surface area contributed by atoms with E-state index in [0.29, 0.717) is 13.1 Å². The maximum atomic E-state index is 12.3. The Morgan fingerprint density at radius 1 is 1.07 bits per heavy atom. The molecular formula is C21H24N4O2S. The molecule has 1 unspecified atom stereocenters. The summed E-state index contributed by atoms with van der Waals surface area (Å²) < 4.78 is 1.89. The van der Waals surface area contributed by atoms with Gasteiger partial charge in [-0.25, -0.2) is 0 Å². The molecule has 3 aromatic rings. The molecule has 28 heavy (non-hydrogen) atoms. The van der Waals surface area contributed by atoms with Crippen LogP contribution in [0.5, 0.6) is 0 Å². The minimum Gasteiger partial charge on any atom is -0.345 e. The van der Waals surface area contributed by atoms with Gasteiger partial charge in [0.15, 0.2) is 0 Å². The van der Waals surface area contributed by atoms with Crippen LogP contribution in [0.25, 0.3) is 0 Å². The molecule has 0 aliphatic rings. The van der Waals surface area contributed by atoms with E-state index in [0.717, 1.165) is 27.4 Å². The third kappa shape index (κ3) is 4.86. The molecule has 146 valence electrons. The molecule has 0 saturated carbocycles. The van der Waals surface area contributed by atoms with Crippen molar-refractivity contribution in [3.63, 3.8) is 0 Å². The third-order valence-electron chi connectivity index (χ3n) is 4.45. The quantitative estimate of drug-likeness (QED) is 0.629. The molecule has 0 bridgehead atoms. The first-order valence-electron chi connectivity index (χ1n) is 9.12. The van der Waals surface area contributed by atoms with Crippen LogP contribution in [-0.2, 0) is 16.1 Å². The monoisotopic (exact) mass is 396 g/mol. The van der Waals surface area contributed by atoms with Gasteiger partial charge >= 0.3 is 11.8 Å². The van der Waals surface area contributed by atoms with E-state index >= 15 is 0 Å². The van der Waals surface area contributed by atoms with Crippen molar-refractivity contribution in [3.8, 4) is 0 Å². The van der Waals surface area contributed by atoms with Crippen molar-refractivity contribution in [2.45, 2.75) is 33.4 Å². The van der Waals surface area contributed by atoms with Crippen molar-refractivity contribution in [2.75, 3.05) is 6.54 Å². The van der Waals surface area contributed by atoms with Crippen molar-refractivity contribution in [1.82, 2.24) is 20.4 Å². The van der Waals surface area contributed by atoms with Gasteiger partial charge in [-0.3, -0.25) is 14.3 Å². The zero-order valence-corrected chi connectivity index (χ0v) is 17.0. The molecular weight excluding hydrogens is 372 g/mol. The third-order valence-corrected chi connectivity index (χ3v) is 5.42. The molecule has 2 aromatic heterocycles. The van der Waals surface area contributed by atoms with Gasteiger partial charge in [0.25, 0.3) is 0 Å². The van der Waals surface area contributed by atoms with Gasteiger partial charge in [-0.1, -0.05) is 35.9 Å². The van der Waals surface area contributed by atoms with Crippen LogP contribution in [0.15, 0.2) is 47.8 Å². The van der Waals surface area contributed by atoms with E-state index in [9.17, 15) is 9.59 Å². The lowest BCUT2D eigenvalue weighted by Gasteiger charge is -2.18.